The van der Waals surface area contributed by atoms with Gasteiger partial charge in [0.05, 0.1) is 30.1 Å². The molecule has 108 valence electrons. The molecule has 0 radical (unpaired) electrons. The molecule has 1 aromatic rings. The number of hydrogen-bond donors (Lipinski definition) is 1. The molecule has 0 aromatic heterocycles. The minimum Gasteiger partial charge on any atom is -0.465 e. The number of carbonyl (C=O) groups is 1. The number of ether oxygens (including phenoxy) is 1. The zero-order valence-electron chi connectivity index (χ0n) is 10.9. The minimum absolute atomic E-state index is 0.0535. The molecule has 0 heterocycles. The molecule has 0 saturated heterocycles. The number of rotatable bonds is 5. The predicted octanol–water partition coefficient (Wildman–Crippen LogP) is 1.19. The molecule has 1 unspecified atom stereocenters. The summed E-state index contributed by atoms with van der Waals surface area (Å²) in [5, 5.41) is 8.51. The van der Waals surface area contributed by atoms with Crippen LogP contribution >= 0.6 is 0 Å². The molecule has 0 aliphatic rings. The minimum atomic E-state index is -4.13. The molecule has 0 saturated carbocycles. The number of esters is 1. The Kier molecular flexibility index (Phi) is 5.19. The summed E-state index contributed by atoms with van der Waals surface area (Å²) in [5.41, 5.74) is -0.273. The average Bonchev–Trinajstić information content (AvgIpc) is 2.37. The number of hydrogen-bond acceptors (Lipinski definition) is 5. The Bertz CT molecular complexity index is 652. The van der Waals surface area contributed by atoms with Crippen LogP contribution in [0.4, 0.5) is 4.39 Å². The summed E-state index contributed by atoms with van der Waals surface area (Å²) in [4.78, 5) is 11.0. The molecule has 8 heteroatoms. The van der Waals surface area contributed by atoms with Crippen LogP contribution in [0, 0.1) is 17.1 Å². The van der Waals surface area contributed by atoms with Gasteiger partial charge in [-0.25, -0.2) is 22.3 Å². The van der Waals surface area contributed by atoms with Gasteiger partial charge in [-0.05, 0) is 25.1 Å². The summed E-state index contributed by atoms with van der Waals surface area (Å²) in [7, 11) is -3.04. The predicted molar refractivity (Wildman–Crippen MR) is 67.8 cm³/mol. The van der Waals surface area contributed by atoms with E-state index < -0.39 is 32.7 Å². The smallest absolute Gasteiger partial charge is 0.339 e. The van der Waals surface area contributed by atoms with E-state index in [1.807, 2.05) is 6.07 Å². The number of sulfonamides is 1. The summed E-state index contributed by atoms with van der Waals surface area (Å²) < 4.78 is 44.1. The van der Waals surface area contributed by atoms with Gasteiger partial charge >= 0.3 is 5.97 Å². The third kappa shape index (κ3) is 3.76. The van der Waals surface area contributed by atoms with Crippen molar-refractivity contribution in [2.24, 2.45) is 0 Å². The lowest BCUT2D eigenvalue weighted by molar-refractivity contribution is 0.0596. The summed E-state index contributed by atoms with van der Waals surface area (Å²) >= 11 is 0. The van der Waals surface area contributed by atoms with Crippen LogP contribution in [0.2, 0.25) is 0 Å². The van der Waals surface area contributed by atoms with E-state index >= 15 is 0 Å². The van der Waals surface area contributed by atoms with Gasteiger partial charge < -0.3 is 4.74 Å². The number of halogens is 1. The van der Waals surface area contributed by atoms with Crippen molar-refractivity contribution in [2.75, 3.05) is 7.11 Å². The van der Waals surface area contributed by atoms with Gasteiger partial charge in [0.1, 0.15) is 5.82 Å². The molecule has 0 aliphatic heterocycles. The third-order valence-electron chi connectivity index (χ3n) is 2.39. The lowest BCUT2D eigenvalue weighted by Crippen LogP contribution is -2.33. The average molecular weight is 300 g/mol. The Morgan fingerprint density at radius 3 is 2.75 bits per heavy atom. The second kappa shape index (κ2) is 6.45. The number of carbonyl (C=O) groups excluding carboxylic acids is 1. The SMILES string of the molecule is COC(=O)c1ccc(F)cc1S(=O)(=O)NC(C)CC#N. The number of nitriles is 1. The van der Waals surface area contributed by atoms with E-state index in [9.17, 15) is 17.6 Å². The Hall–Kier alpha value is -1.98. The molecule has 0 fully saturated rings. The lowest BCUT2D eigenvalue weighted by Gasteiger charge is -2.13. The molecule has 1 rings (SSSR count). The normalized spacial score (nSPS) is 12.5. The molecule has 0 aliphatic carbocycles. The Morgan fingerprint density at radius 1 is 1.55 bits per heavy atom. The van der Waals surface area contributed by atoms with Crippen molar-refractivity contribution in [1.29, 1.82) is 5.26 Å². The highest BCUT2D eigenvalue weighted by Crippen LogP contribution is 2.19. The Labute approximate surface area is 116 Å². The van der Waals surface area contributed by atoms with Crippen LogP contribution in [0.25, 0.3) is 0 Å². The molecular formula is C12H13FN2O4S. The lowest BCUT2D eigenvalue weighted by atomic mass is 10.2. The van der Waals surface area contributed by atoms with Crippen molar-refractivity contribution in [1.82, 2.24) is 4.72 Å². The van der Waals surface area contributed by atoms with Crippen LogP contribution in [0.15, 0.2) is 23.1 Å². The van der Waals surface area contributed by atoms with Crippen molar-refractivity contribution in [3.63, 3.8) is 0 Å². The summed E-state index contributed by atoms with van der Waals surface area (Å²) in [6, 6.07) is 3.87. The first-order valence-electron chi connectivity index (χ1n) is 5.59. The maximum absolute atomic E-state index is 13.2. The van der Waals surface area contributed by atoms with Gasteiger partial charge in [-0.3, -0.25) is 0 Å². The first-order chi connectivity index (χ1) is 9.31. The van der Waals surface area contributed by atoms with Gasteiger partial charge in [-0.1, -0.05) is 0 Å². The zero-order valence-corrected chi connectivity index (χ0v) is 11.7. The van der Waals surface area contributed by atoms with Gasteiger partial charge in [-0.15, -0.1) is 0 Å². The molecule has 20 heavy (non-hydrogen) atoms. The number of nitrogens with one attached hydrogen (secondary N) is 1. The standard InChI is InChI=1S/C12H13FN2O4S/c1-8(5-6-14)15-20(17,18)11-7-9(13)3-4-10(11)12(16)19-2/h3-4,7-8,15H,5H2,1-2H3. The first-order valence-corrected chi connectivity index (χ1v) is 7.07. The van der Waals surface area contributed by atoms with Crippen molar-refractivity contribution in [3.05, 3.63) is 29.6 Å². The maximum atomic E-state index is 13.2. The van der Waals surface area contributed by atoms with Crippen LogP contribution in [0.1, 0.15) is 23.7 Å². The Balaban J connectivity index is 3.27. The fraction of sp³-hybridized carbons (Fsp3) is 0.333. The number of nitrogens with zero attached hydrogens (tertiary/aromatic N) is 1. The molecular weight excluding hydrogens is 287 g/mol. The van der Waals surface area contributed by atoms with E-state index in [-0.39, 0.29) is 12.0 Å². The van der Waals surface area contributed by atoms with Crippen molar-refractivity contribution in [3.8, 4) is 6.07 Å². The van der Waals surface area contributed by atoms with Gasteiger partial charge in [0, 0.05) is 6.04 Å². The van der Waals surface area contributed by atoms with Crippen molar-refractivity contribution < 1.29 is 22.3 Å². The number of benzene rings is 1. The van der Waals surface area contributed by atoms with Crippen molar-refractivity contribution in [2.45, 2.75) is 24.3 Å². The van der Waals surface area contributed by atoms with Crippen molar-refractivity contribution >= 4 is 16.0 Å². The second-order valence-corrected chi connectivity index (χ2v) is 5.70. The van der Waals surface area contributed by atoms with E-state index in [0.29, 0.717) is 0 Å². The topological polar surface area (TPSA) is 96.3 Å². The van der Waals surface area contributed by atoms with E-state index in [1.165, 1.54) is 6.92 Å². The van der Waals surface area contributed by atoms with Crippen LogP contribution in [-0.2, 0) is 14.8 Å². The van der Waals surface area contributed by atoms with E-state index in [0.717, 1.165) is 25.3 Å². The maximum Gasteiger partial charge on any atom is 0.339 e. The van der Waals surface area contributed by atoms with Crippen LogP contribution < -0.4 is 4.72 Å². The van der Waals surface area contributed by atoms with Crippen LogP contribution in [0.5, 0.6) is 0 Å². The zero-order chi connectivity index (χ0) is 15.3. The summed E-state index contributed by atoms with van der Waals surface area (Å²) in [5.74, 6) is -1.69. The van der Waals surface area contributed by atoms with E-state index in [4.69, 9.17) is 5.26 Å². The largest absolute Gasteiger partial charge is 0.465 e. The van der Waals surface area contributed by atoms with E-state index in [2.05, 4.69) is 9.46 Å². The molecule has 1 aromatic carbocycles. The third-order valence-corrected chi connectivity index (χ3v) is 4.02. The molecule has 0 amide bonds. The van der Waals surface area contributed by atoms with Crippen LogP contribution in [0.3, 0.4) is 0 Å². The molecule has 0 bridgehead atoms. The fourth-order valence-corrected chi connectivity index (χ4v) is 2.95. The highest BCUT2D eigenvalue weighted by Gasteiger charge is 2.25. The highest BCUT2D eigenvalue weighted by atomic mass is 32.2. The first kappa shape index (κ1) is 16.1. The molecule has 6 nitrogen and oxygen atoms in total. The van der Waals surface area contributed by atoms with Gasteiger partial charge in [0.2, 0.25) is 10.0 Å². The van der Waals surface area contributed by atoms with Gasteiger partial charge in [0.15, 0.2) is 0 Å². The number of methoxy groups -OCH3 is 1. The molecule has 1 atom stereocenters. The monoisotopic (exact) mass is 300 g/mol. The second-order valence-electron chi connectivity index (χ2n) is 4.02. The summed E-state index contributed by atoms with van der Waals surface area (Å²) in [6.45, 7) is 1.48. The highest BCUT2D eigenvalue weighted by molar-refractivity contribution is 7.89. The summed E-state index contributed by atoms with van der Waals surface area (Å²) in [6.07, 6.45) is -0.0535. The molecule has 0 spiro atoms. The molecule has 1 N–H and O–H groups in total. The fourth-order valence-electron chi connectivity index (χ4n) is 1.50. The van der Waals surface area contributed by atoms with E-state index in [1.54, 1.807) is 0 Å². The quantitative estimate of drug-likeness (QED) is 0.824. The van der Waals surface area contributed by atoms with Gasteiger partial charge in [0.25, 0.3) is 0 Å². The Morgan fingerprint density at radius 2 is 2.20 bits per heavy atom. The van der Waals surface area contributed by atoms with Gasteiger partial charge in [-0.2, -0.15) is 5.26 Å². The van der Waals surface area contributed by atoms with Crippen LogP contribution in [-0.4, -0.2) is 27.5 Å².